The first-order valence-corrected chi connectivity index (χ1v) is 9.05. The van der Waals surface area contributed by atoms with E-state index in [2.05, 4.69) is 4.98 Å². The van der Waals surface area contributed by atoms with Crippen molar-refractivity contribution in [1.29, 1.82) is 0 Å². The zero-order valence-corrected chi connectivity index (χ0v) is 15.3. The molecule has 1 aromatic carbocycles. The van der Waals surface area contributed by atoms with Crippen LogP contribution in [0.1, 0.15) is 19.3 Å². The van der Waals surface area contributed by atoms with Crippen molar-refractivity contribution in [3.05, 3.63) is 47.0 Å². The van der Waals surface area contributed by atoms with Gasteiger partial charge >= 0.3 is 5.97 Å². The highest BCUT2D eigenvalue weighted by Gasteiger charge is 2.28. The summed E-state index contributed by atoms with van der Waals surface area (Å²) in [4.78, 5) is 22.1. The van der Waals surface area contributed by atoms with Gasteiger partial charge in [0.15, 0.2) is 0 Å². The Bertz CT molecular complexity index is 975. The Morgan fingerprint density at radius 2 is 2.19 bits per heavy atom. The van der Waals surface area contributed by atoms with Crippen molar-refractivity contribution in [1.82, 2.24) is 14.5 Å². The second kappa shape index (κ2) is 6.78. The topological polar surface area (TPSA) is 71.2 Å². The number of fused-ring (bicyclic) bond motifs is 1. The molecule has 0 saturated carbocycles. The monoisotopic (exact) mass is 390 g/mol. The minimum Gasteiger partial charge on any atom is -0.481 e. The van der Waals surface area contributed by atoms with Crippen molar-refractivity contribution in [3.63, 3.8) is 0 Å². The quantitative estimate of drug-likeness (QED) is 0.723. The molecule has 1 aliphatic rings. The van der Waals surface area contributed by atoms with Crippen LogP contribution in [0, 0.1) is 0 Å². The highest BCUT2D eigenvalue weighted by molar-refractivity contribution is 6.45. The predicted octanol–water partition coefficient (Wildman–Crippen LogP) is 4.17. The molecule has 1 fully saturated rings. The summed E-state index contributed by atoms with van der Waals surface area (Å²) in [6.45, 7) is 0.762. The molecule has 8 heteroatoms. The smallest absolute Gasteiger partial charge is 0.305 e. The molecule has 4 rings (SSSR count). The molecule has 0 bridgehead atoms. The van der Waals surface area contributed by atoms with Gasteiger partial charge in [0.05, 0.1) is 34.0 Å². The summed E-state index contributed by atoms with van der Waals surface area (Å²) in [5.41, 5.74) is 1.48. The Kier molecular flexibility index (Phi) is 4.46. The maximum Gasteiger partial charge on any atom is 0.305 e. The Labute approximate surface area is 160 Å². The number of imidazole rings is 1. The first kappa shape index (κ1) is 17.1. The van der Waals surface area contributed by atoms with E-state index in [1.165, 1.54) is 0 Å². The van der Waals surface area contributed by atoms with Gasteiger partial charge in [-0.3, -0.25) is 4.79 Å². The number of halogens is 2. The summed E-state index contributed by atoms with van der Waals surface area (Å²) in [6.07, 6.45) is 7.10. The predicted molar refractivity (Wildman–Crippen MR) is 102 cm³/mol. The van der Waals surface area contributed by atoms with Crippen molar-refractivity contribution in [2.75, 3.05) is 11.4 Å². The van der Waals surface area contributed by atoms with Gasteiger partial charge in [-0.2, -0.15) is 0 Å². The zero-order valence-electron chi connectivity index (χ0n) is 13.8. The second-order valence-electron chi connectivity index (χ2n) is 6.31. The third kappa shape index (κ3) is 2.99. The van der Waals surface area contributed by atoms with Gasteiger partial charge in [0.1, 0.15) is 5.82 Å². The van der Waals surface area contributed by atoms with Crippen LogP contribution < -0.4 is 4.90 Å². The Morgan fingerprint density at radius 3 is 2.92 bits per heavy atom. The number of carbonyl (C=O) groups is 1. The van der Waals surface area contributed by atoms with Gasteiger partial charge in [-0.15, -0.1) is 0 Å². The summed E-state index contributed by atoms with van der Waals surface area (Å²) >= 11 is 12.6. The molecular formula is C18H16Cl2N4O2. The Balaban J connectivity index is 1.90. The minimum absolute atomic E-state index is 0.0777. The van der Waals surface area contributed by atoms with Crippen LogP contribution in [0.4, 0.5) is 5.82 Å². The van der Waals surface area contributed by atoms with Crippen LogP contribution in [0.25, 0.3) is 16.6 Å². The lowest BCUT2D eigenvalue weighted by molar-refractivity contribution is -0.137. The first-order chi connectivity index (χ1) is 12.5. The van der Waals surface area contributed by atoms with E-state index in [-0.39, 0.29) is 12.5 Å². The van der Waals surface area contributed by atoms with Crippen molar-refractivity contribution in [3.8, 4) is 5.69 Å². The average molecular weight is 391 g/mol. The second-order valence-corrected chi connectivity index (χ2v) is 7.10. The maximum atomic E-state index is 11.2. The molecule has 1 atom stereocenters. The van der Waals surface area contributed by atoms with Gasteiger partial charge in [0, 0.05) is 36.4 Å². The molecule has 1 aliphatic heterocycles. The Hall–Kier alpha value is -2.31. The van der Waals surface area contributed by atoms with Crippen molar-refractivity contribution >= 4 is 45.9 Å². The molecule has 134 valence electrons. The fraction of sp³-hybridized carbons (Fsp3) is 0.278. The van der Waals surface area contributed by atoms with Gasteiger partial charge in [-0.1, -0.05) is 23.2 Å². The van der Waals surface area contributed by atoms with E-state index in [1.54, 1.807) is 18.6 Å². The average Bonchev–Trinajstić information content (AvgIpc) is 3.29. The first-order valence-electron chi connectivity index (χ1n) is 8.30. The van der Waals surface area contributed by atoms with E-state index in [4.69, 9.17) is 28.2 Å². The van der Waals surface area contributed by atoms with Gasteiger partial charge in [0.2, 0.25) is 0 Å². The van der Waals surface area contributed by atoms with Gasteiger partial charge in [-0.05, 0) is 25.0 Å². The van der Waals surface area contributed by atoms with E-state index in [0.717, 1.165) is 30.5 Å². The molecule has 3 heterocycles. The molecule has 2 aromatic heterocycles. The number of pyridine rings is 1. The number of hydrogen-bond acceptors (Lipinski definition) is 4. The van der Waals surface area contributed by atoms with E-state index in [1.807, 2.05) is 27.8 Å². The zero-order chi connectivity index (χ0) is 18.3. The van der Waals surface area contributed by atoms with Crippen LogP contribution >= 0.6 is 23.2 Å². The number of aliphatic carboxylic acids is 1. The lowest BCUT2D eigenvalue weighted by atomic mass is 10.1. The molecule has 0 unspecified atom stereocenters. The minimum atomic E-state index is -0.807. The molecule has 1 saturated heterocycles. The number of carboxylic acids is 1. The van der Waals surface area contributed by atoms with Crippen LogP contribution in [0.2, 0.25) is 10.0 Å². The van der Waals surface area contributed by atoms with Gasteiger partial charge in [0.25, 0.3) is 0 Å². The molecule has 0 amide bonds. The number of anilines is 1. The maximum absolute atomic E-state index is 11.2. The Morgan fingerprint density at radius 1 is 1.35 bits per heavy atom. The number of nitrogens with zero attached hydrogens (tertiary/aromatic N) is 4. The highest BCUT2D eigenvalue weighted by atomic mass is 35.5. The number of benzene rings is 1. The molecule has 3 aromatic rings. The normalized spacial score (nSPS) is 17.2. The molecule has 0 spiro atoms. The summed E-state index contributed by atoms with van der Waals surface area (Å²) in [5.74, 6) is -0.104. The highest BCUT2D eigenvalue weighted by Crippen LogP contribution is 2.36. The number of hydrogen-bond donors (Lipinski definition) is 1. The molecule has 26 heavy (non-hydrogen) atoms. The molecule has 1 N–H and O–H groups in total. The van der Waals surface area contributed by atoms with Crippen molar-refractivity contribution < 1.29 is 9.90 Å². The third-order valence-electron chi connectivity index (χ3n) is 4.70. The standard InChI is InChI=1S/C18H16Cl2N4O2/c19-13-4-3-12-14(23-7-5-21-10-23)9-15(22-18(12)17(13)20)24-6-1-2-11(24)8-16(25)26/h3-5,7,9-11H,1-2,6,8H2,(H,25,26)/t11-/m1/s1. The van der Waals surface area contributed by atoms with Crippen LogP contribution in [-0.4, -0.2) is 38.2 Å². The summed E-state index contributed by atoms with van der Waals surface area (Å²) in [6, 6.07) is 5.51. The van der Waals surface area contributed by atoms with Crippen LogP contribution in [0.15, 0.2) is 36.9 Å². The van der Waals surface area contributed by atoms with E-state index in [9.17, 15) is 9.90 Å². The fourth-order valence-corrected chi connectivity index (χ4v) is 3.88. The fourth-order valence-electron chi connectivity index (χ4n) is 3.52. The SMILES string of the molecule is O=C(O)C[C@H]1CCCN1c1cc(-n2ccnc2)c2ccc(Cl)c(Cl)c2n1. The third-order valence-corrected chi connectivity index (χ3v) is 5.50. The van der Waals surface area contributed by atoms with Gasteiger partial charge < -0.3 is 14.6 Å². The lowest BCUT2D eigenvalue weighted by Crippen LogP contribution is -2.32. The summed E-state index contributed by atoms with van der Waals surface area (Å²) in [7, 11) is 0. The number of aromatic nitrogens is 3. The molecule has 0 radical (unpaired) electrons. The summed E-state index contributed by atoms with van der Waals surface area (Å²) in [5, 5.41) is 10.9. The van der Waals surface area contributed by atoms with E-state index in [0.29, 0.717) is 21.4 Å². The summed E-state index contributed by atoms with van der Waals surface area (Å²) < 4.78 is 1.89. The molecule has 6 nitrogen and oxygen atoms in total. The van der Waals surface area contributed by atoms with E-state index < -0.39 is 5.97 Å². The molecular weight excluding hydrogens is 375 g/mol. The van der Waals surface area contributed by atoms with Crippen LogP contribution in [0.5, 0.6) is 0 Å². The van der Waals surface area contributed by atoms with E-state index >= 15 is 0 Å². The van der Waals surface area contributed by atoms with Crippen LogP contribution in [-0.2, 0) is 4.79 Å². The van der Waals surface area contributed by atoms with Crippen molar-refractivity contribution in [2.24, 2.45) is 0 Å². The van der Waals surface area contributed by atoms with Gasteiger partial charge in [-0.25, -0.2) is 9.97 Å². The van der Waals surface area contributed by atoms with Crippen LogP contribution in [0.3, 0.4) is 0 Å². The molecule has 0 aliphatic carbocycles. The lowest BCUT2D eigenvalue weighted by Gasteiger charge is -2.26. The number of rotatable bonds is 4. The largest absolute Gasteiger partial charge is 0.481 e. The van der Waals surface area contributed by atoms with Crippen molar-refractivity contribution in [2.45, 2.75) is 25.3 Å². The number of carboxylic acid groups (broad SMARTS) is 1.